The van der Waals surface area contributed by atoms with Crippen LogP contribution in [0.3, 0.4) is 0 Å². The van der Waals surface area contributed by atoms with Crippen LogP contribution in [0.15, 0.2) is 35.3 Å². The van der Waals surface area contributed by atoms with Gasteiger partial charge in [-0.25, -0.2) is 4.79 Å². The molecule has 0 radical (unpaired) electrons. The summed E-state index contributed by atoms with van der Waals surface area (Å²) in [6.45, 7) is 6.43. The van der Waals surface area contributed by atoms with E-state index in [2.05, 4.69) is 5.32 Å². The molecule has 2 aliphatic heterocycles. The maximum atomic E-state index is 13.0. The van der Waals surface area contributed by atoms with Gasteiger partial charge in [-0.05, 0) is 38.2 Å². The summed E-state index contributed by atoms with van der Waals surface area (Å²) in [4.78, 5) is 34.1. The number of likely N-dealkylation sites (N-methyl/N-ethyl adjacent to an activating group) is 1. The molecule has 138 valence electrons. The van der Waals surface area contributed by atoms with E-state index in [4.69, 9.17) is 4.99 Å². The van der Waals surface area contributed by atoms with E-state index in [0.29, 0.717) is 25.6 Å². The molecule has 0 bridgehead atoms. The largest absolute Gasteiger partial charge is 0.334 e. The number of benzene rings is 1. The number of nitrogens with zero attached hydrogens (tertiary/aromatic N) is 3. The Morgan fingerprint density at radius 1 is 1.31 bits per heavy atom. The van der Waals surface area contributed by atoms with E-state index >= 15 is 0 Å². The van der Waals surface area contributed by atoms with Crippen LogP contribution >= 0.6 is 0 Å². The molecule has 2 heterocycles. The molecule has 1 aliphatic carbocycles. The van der Waals surface area contributed by atoms with Crippen molar-refractivity contribution < 1.29 is 9.59 Å². The summed E-state index contributed by atoms with van der Waals surface area (Å²) in [6.07, 6.45) is 1.78. The minimum atomic E-state index is -0.626. The first kappa shape index (κ1) is 17.1. The van der Waals surface area contributed by atoms with Gasteiger partial charge in [0.1, 0.15) is 11.4 Å². The van der Waals surface area contributed by atoms with Crippen LogP contribution in [0.5, 0.6) is 0 Å². The number of aliphatic imine (C=N–C) groups is 1. The predicted molar refractivity (Wildman–Crippen MR) is 99.7 cm³/mol. The second-order valence-electron chi connectivity index (χ2n) is 7.59. The number of amides is 3. The fourth-order valence-corrected chi connectivity index (χ4v) is 4.90. The molecule has 0 unspecified atom stereocenters. The topological polar surface area (TPSA) is 65.0 Å². The molecule has 6 nitrogen and oxygen atoms in total. The van der Waals surface area contributed by atoms with Crippen LogP contribution in [-0.2, 0) is 11.3 Å². The fourth-order valence-electron chi connectivity index (χ4n) is 4.90. The fraction of sp³-hybridized carbons (Fsp3) is 0.550. The number of rotatable bonds is 3. The summed E-state index contributed by atoms with van der Waals surface area (Å²) in [6, 6.07) is 9.86. The van der Waals surface area contributed by atoms with Crippen molar-refractivity contribution in [1.82, 2.24) is 15.1 Å². The highest BCUT2D eigenvalue weighted by atomic mass is 16.2. The zero-order chi connectivity index (χ0) is 18.3. The monoisotopic (exact) mass is 354 g/mol. The average molecular weight is 354 g/mol. The van der Waals surface area contributed by atoms with Gasteiger partial charge < -0.3 is 10.2 Å². The lowest BCUT2D eigenvalue weighted by atomic mass is 9.85. The van der Waals surface area contributed by atoms with Gasteiger partial charge >= 0.3 is 6.03 Å². The lowest BCUT2D eigenvalue weighted by molar-refractivity contribution is -0.132. The zero-order valence-corrected chi connectivity index (χ0v) is 15.4. The number of hydrogen-bond acceptors (Lipinski definition) is 3. The molecule has 3 atom stereocenters. The Kier molecular flexibility index (Phi) is 4.21. The maximum Gasteiger partial charge on any atom is 0.317 e. The van der Waals surface area contributed by atoms with Gasteiger partial charge in [0.15, 0.2) is 0 Å². The number of likely N-dealkylation sites (tertiary alicyclic amines) is 1. The molecular weight excluding hydrogens is 328 g/mol. The van der Waals surface area contributed by atoms with Crippen molar-refractivity contribution in [2.24, 2.45) is 16.8 Å². The molecule has 3 amide bonds. The molecule has 0 aromatic heterocycles. The second kappa shape index (κ2) is 6.41. The molecule has 4 rings (SSSR count). The third kappa shape index (κ3) is 2.59. The highest BCUT2D eigenvalue weighted by Crippen LogP contribution is 2.50. The van der Waals surface area contributed by atoms with Crippen molar-refractivity contribution in [2.45, 2.75) is 38.8 Å². The quantitative estimate of drug-likeness (QED) is 0.905. The molecule has 1 saturated carbocycles. The van der Waals surface area contributed by atoms with Crippen molar-refractivity contribution in [3.63, 3.8) is 0 Å². The highest BCUT2D eigenvalue weighted by molar-refractivity contribution is 6.07. The Balaban J connectivity index is 1.43. The van der Waals surface area contributed by atoms with Crippen LogP contribution < -0.4 is 5.32 Å². The normalized spacial score (nSPS) is 30.1. The van der Waals surface area contributed by atoms with E-state index in [9.17, 15) is 9.59 Å². The van der Waals surface area contributed by atoms with E-state index in [1.54, 1.807) is 4.90 Å². The zero-order valence-electron chi connectivity index (χ0n) is 15.4. The Morgan fingerprint density at radius 3 is 2.77 bits per heavy atom. The molecule has 2 fully saturated rings. The SMILES string of the molecule is CCN1C(=O)[C@]2(CC[C@@H]3CN(C(=O)NCc4ccccc4)C[C@@H]32)N=C1C. The maximum absolute atomic E-state index is 13.0. The van der Waals surface area contributed by atoms with Crippen molar-refractivity contribution >= 4 is 17.8 Å². The Bertz CT molecular complexity index is 747. The van der Waals surface area contributed by atoms with Crippen LogP contribution in [0.2, 0.25) is 0 Å². The molecule has 3 aliphatic rings. The van der Waals surface area contributed by atoms with Crippen LogP contribution in [0.4, 0.5) is 4.79 Å². The van der Waals surface area contributed by atoms with Gasteiger partial charge in [0.25, 0.3) is 5.91 Å². The summed E-state index contributed by atoms with van der Waals surface area (Å²) in [5, 5.41) is 3.00. The van der Waals surface area contributed by atoms with E-state index in [-0.39, 0.29) is 17.9 Å². The van der Waals surface area contributed by atoms with E-state index in [0.717, 1.165) is 30.8 Å². The second-order valence-corrected chi connectivity index (χ2v) is 7.59. The van der Waals surface area contributed by atoms with Gasteiger partial charge in [0.05, 0.1) is 0 Å². The van der Waals surface area contributed by atoms with Crippen molar-refractivity contribution in [1.29, 1.82) is 0 Å². The van der Waals surface area contributed by atoms with Crippen LogP contribution in [0, 0.1) is 11.8 Å². The summed E-state index contributed by atoms with van der Waals surface area (Å²) in [5.41, 5.74) is 0.459. The molecular formula is C20H26N4O2. The molecule has 1 aromatic rings. The number of hydrogen-bond donors (Lipinski definition) is 1. The molecule has 6 heteroatoms. The number of urea groups is 1. The first-order valence-electron chi connectivity index (χ1n) is 9.50. The van der Waals surface area contributed by atoms with E-state index in [1.165, 1.54) is 0 Å². The van der Waals surface area contributed by atoms with Crippen LogP contribution in [-0.4, -0.2) is 52.7 Å². The number of nitrogens with one attached hydrogen (secondary N) is 1. The minimum absolute atomic E-state index is 0.0445. The van der Waals surface area contributed by atoms with Crippen molar-refractivity contribution in [3.05, 3.63) is 35.9 Å². The predicted octanol–water partition coefficient (Wildman–Crippen LogP) is 2.26. The molecule has 1 saturated heterocycles. The number of carbonyl (C=O) groups is 2. The summed E-state index contributed by atoms with van der Waals surface area (Å²) >= 11 is 0. The Morgan fingerprint density at radius 2 is 2.08 bits per heavy atom. The third-order valence-corrected chi connectivity index (χ3v) is 6.21. The molecule has 1 spiro atoms. The number of fused-ring (bicyclic) bond motifs is 2. The van der Waals surface area contributed by atoms with Crippen LogP contribution in [0.1, 0.15) is 32.3 Å². The van der Waals surface area contributed by atoms with Gasteiger partial charge in [0.2, 0.25) is 0 Å². The summed E-state index contributed by atoms with van der Waals surface area (Å²) < 4.78 is 0. The first-order valence-corrected chi connectivity index (χ1v) is 9.50. The average Bonchev–Trinajstić information content (AvgIpc) is 3.28. The van der Waals surface area contributed by atoms with Crippen molar-refractivity contribution in [2.75, 3.05) is 19.6 Å². The standard InChI is InChI=1S/C20H26N4O2/c1-3-24-14(2)22-20(18(24)25)10-9-16-12-23(13-17(16)20)19(26)21-11-15-7-5-4-6-8-15/h4-8,16-17H,3,9-13H2,1-2H3,(H,21,26)/t16-,17+,20-/m1/s1. The van der Waals surface area contributed by atoms with Crippen LogP contribution in [0.25, 0.3) is 0 Å². The number of amidine groups is 1. The minimum Gasteiger partial charge on any atom is -0.334 e. The molecule has 26 heavy (non-hydrogen) atoms. The third-order valence-electron chi connectivity index (χ3n) is 6.21. The molecule has 1 N–H and O–H groups in total. The van der Waals surface area contributed by atoms with Gasteiger partial charge in [-0.2, -0.15) is 0 Å². The smallest absolute Gasteiger partial charge is 0.317 e. The lowest BCUT2D eigenvalue weighted by Gasteiger charge is -2.27. The van der Waals surface area contributed by atoms with Gasteiger partial charge in [-0.1, -0.05) is 30.3 Å². The van der Waals surface area contributed by atoms with Gasteiger partial charge in [-0.3, -0.25) is 14.7 Å². The Labute approximate surface area is 154 Å². The Hall–Kier alpha value is -2.37. The molecule has 1 aromatic carbocycles. The van der Waals surface area contributed by atoms with E-state index < -0.39 is 5.54 Å². The first-order chi connectivity index (χ1) is 12.5. The lowest BCUT2D eigenvalue weighted by Crippen LogP contribution is -2.47. The highest BCUT2D eigenvalue weighted by Gasteiger charge is 2.60. The van der Waals surface area contributed by atoms with E-state index in [1.807, 2.05) is 49.1 Å². The summed E-state index contributed by atoms with van der Waals surface area (Å²) in [5.74, 6) is 1.47. The van der Waals surface area contributed by atoms with Gasteiger partial charge in [0, 0.05) is 32.1 Å². The summed E-state index contributed by atoms with van der Waals surface area (Å²) in [7, 11) is 0. The number of carbonyl (C=O) groups excluding carboxylic acids is 2. The van der Waals surface area contributed by atoms with Gasteiger partial charge in [-0.15, -0.1) is 0 Å². The van der Waals surface area contributed by atoms with Crippen molar-refractivity contribution in [3.8, 4) is 0 Å².